The molecule has 1 fully saturated rings. The molecule has 0 bridgehead atoms. The molecule has 1 heterocycles. The van der Waals surface area contributed by atoms with Crippen molar-refractivity contribution in [1.82, 2.24) is 25.4 Å². The molecule has 0 amide bonds. The molecule has 1 saturated carbocycles. The van der Waals surface area contributed by atoms with E-state index < -0.39 is 0 Å². The van der Waals surface area contributed by atoms with Crippen LogP contribution in [0.4, 0.5) is 0 Å². The maximum absolute atomic E-state index is 5.10. The van der Waals surface area contributed by atoms with E-state index in [-0.39, 0.29) is 24.0 Å². The normalized spacial score (nSPS) is 15.9. The van der Waals surface area contributed by atoms with Crippen LogP contribution in [0.25, 0.3) is 0 Å². The van der Waals surface area contributed by atoms with Gasteiger partial charge in [-0.15, -0.1) is 34.2 Å². The molecule has 0 aliphatic heterocycles. The maximum atomic E-state index is 5.10. The Balaban J connectivity index is 0.00000288. The molecule has 1 aromatic rings. The molecule has 0 saturated heterocycles. The lowest BCUT2D eigenvalue weighted by molar-refractivity contribution is 0.195. The summed E-state index contributed by atoms with van der Waals surface area (Å²) >= 11 is 0. The van der Waals surface area contributed by atoms with E-state index in [2.05, 4.69) is 20.8 Å². The first-order valence-electron chi connectivity index (χ1n) is 8.59. The molecule has 138 valence electrons. The number of methoxy groups -OCH3 is 1. The smallest absolute Gasteiger partial charge is 0.191 e. The van der Waals surface area contributed by atoms with Gasteiger partial charge in [-0.2, -0.15) is 0 Å². The van der Waals surface area contributed by atoms with Crippen LogP contribution in [-0.4, -0.2) is 47.0 Å². The molecular formula is C16H31IN6O. The second kappa shape index (κ2) is 11.6. The highest BCUT2D eigenvalue weighted by atomic mass is 127. The Morgan fingerprint density at radius 3 is 2.67 bits per heavy atom. The van der Waals surface area contributed by atoms with Crippen LogP contribution in [0.5, 0.6) is 0 Å². The lowest BCUT2D eigenvalue weighted by Gasteiger charge is -2.25. The lowest BCUT2D eigenvalue weighted by Crippen LogP contribution is -2.44. The molecule has 2 N–H and O–H groups in total. The molecule has 0 radical (unpaired) electrons. The first kappa shape index (κ1) is 21.1. The van der Waals surface area contributed by atoms with Crippen LogP contribution in [0.3, 0.4) is 0 Å². The zero-order valence-electron chi connectivity index (χ0n) is 15.0. The van der Waals surface area contributed by atoms with E-state index >= 15 is 0 Å². The molecule has 8 heteroatoms. The zero-order chi connectivity index (χ0) is 16.5. The fraction of sp³-hybridized carbons (Fsp3) is 0.812. The number of nitrogens with one attached hydrogen (secondary N) is 2. The van der Waals surface area contributed by atoms with Crippen molar-refractivity contribution in [3.8, 4) is 0 Å². The SMILES string of the molecule is COCCCNC(=NCc1nnc(C)n1C)NC1CCCCC1.I. The van der Waals surface area contributed by atoms with Gasteiger partial charge in [0.25, 0.3) is 0 Å². The van der Waals surface area contributed by atoms with Crippen LogP contribution in [-0.2, 0) is 18.3 Å². The van der Waals surface area contributed by atoms with Crippen molar-refractivity contribution < 1.29 is 4.74 Å². The molecule has 2 rings (SSSR count). The second-order valence-corrected chi connectivity index (χ2v) is 6.14. The number of nitrogens with zero attached hydrogens (tertiary/aromatic N) is 4. The number of aliphatic imine (C=N–C) groups is 1. The molecule has 7 nitrogen and oxygen atoms in total. The van der Waals surface area contributed by atoms with Crippen molar-refractivity contribution in [3.63, 3.8) is 0 Å². The monoisotopic (exact) mass is 450 g/mol. The quantitative estimate of drug-likeness (QED) is 0.288. The highest BCUT2D eigenvalue weighted by Crippen LogP contribution is 2.17. The Kier molecular flexibility index (Phi) is 10.2. The number of halogens is 1. The minimum atomic E-state index is 0. The fourth-order valence-corrected chi connectivity index (χ4v) is 2.75. The van der Waals surface area contributed by atoms with E-state index in [0.29, 0.717) is 12.6 Å². The number of ether oxygens (including phenoxy) is 1. The van der Waals surface area contributed by atoms with Gasteiger partial charge in [-0.3, -0.25) is 0 Å². The minimum absolute atomic E-state index is 0. The third kappa shape index (κ3) is 6.92. The summed E-state index contributed by atoms with van der Waals surface area (Å²) in [5.41, 5.74) is 0. The molecular weight excluding hydrogens is 419 g/mol. The molecule has 1 aliphatic rings. The van der Waals surface area contributed by atoms with Gasteiger partial charge in [0, 0.05) is 33.4 Å². The topological polar surface area (TPSA) is 76.4 Å². The van der Waals surface area contributed by atoms with E-state index in [9.17, 15) is 0 Å². The number of rotatable bonds is 7. The van der Waals surface area contributed by atoms with Gasteiger partial charge in [0.15, 0.2) is 11.8 Å². The van der Waals surface area contributed by atoms with E-state index in [1.165, 1.54) is 32.1 Å². The number of hydrogen-bond acceptors (Lipinski definition) is 4. The van der Waals surface area contributed by atoms with Crippen molar-refractivity contribution in [2.24, 2.45) is 12.0 Å². The average molecular weight is 450 g/mol. The summed E-state index contributed by atoms with van der Waals surface area (Å²) in [7, 11) is 3.70. The van der Waals surface area contributed by atoms with Gasteiger partial charge in [-0.25, -0.2) is 4.99 Å². The first-order valence-corrected chi connectivity index (χ1v) is 8.59. The largest absolute Gasteiger partial charge is 0.385 e. The fourth-order valence-electron chi connectivity index (χ4n) is 2.75. The predicted molar refractivity (Wildman–Crippen MR) is 107 cm³/mol. The highest BCUT2D eigenvalue weighted by Gasteiger charge is 2.14. The number of guanidine groups is 1. The van der Waals surface area contributed by atoms with Gasteiger partial charge in [0.05, 0.1) is 0 Å². The third-order valence-corrected chi connectivity index (χ3v) is 4.33. The van der Waals surface area contributed by atoms with Crippen LogP contribution in [0.1, 0.15) is 50.2 Å². The Morgan fingerprint density at radius 2 is 2.04 bits per heavy atom. The van der Waals surface area contributed by atoms with Crippen molar-refractivity contribution in [1.29, 1.82) is 0 Å². The standard InChI is InChI=1S/C16H30N6O.HI/c1-13-20-21-15(22(13)2)12-18-16(17-10-7-11-23-3)19-14-8-5-4-6-9-14;/h14H,4-12H2,1-3H3,(H2,17,18,19);1H. The summed E-state index contributed by atoms with van der Waals surface area (Å²) in [6, 6.07) is 0.527. The number of hydrogen-bond donors (Lipinski definition) is 2. The average Bonchev–Trinajstić information content (AvgIpc) is 2.89. The van der Waals surface area contributed by atoms with Gasteiger partial charge < -0.3 is 19.9 Å². The summed E-state index contributed by atoms with van der Waals surface area (Å²) < 4.78 is 7.08. The first-order chi connectivity index (χ1) is 11.2. The summed E-state index contributed by atoms with van der Waals surface area (Å²) in [6.07, 6.45) is 7.37. The number of aryl methyl sites for hydroxylation is 1. The molecule has 0 unspecified atom stereocenters. The van der Waals surface area contributed by atoms with Gasteiger partial charge in [-0.05, 0) is 26.2 Å². The van der Waals surface area contributed by atoms with Crippen LogP contribution in [0.2, 0.25) is 0 Å². The summed E-state index contributed by atoms with van der Waals surface area (Å²) in [6.45, 7) is 4.09. The third-order valence-electron chi connectivity index (χ3n) is 4.33. The molecule has 1 aromatic heterocycles. The predicted octanol–water partition coefficient (Wildman–Crippen LogP) is 2.15. The van der Waals surface area contributed by atoms with Crippen LogP contribution < -0.4 is 10.6 Å². The maximum Gasteiger partial charge on any atom is 0.191 e. The van der Waals surface area contributed by atoms with Crippen LogP contribution in [0, 0.1) is 6.92 Å². The highest BCUT2D eigenvalue weighted by molar-refractivity contribution is 14.0. The minimum Gasteiger partial charge on any atom is -0.385 e. The second-order valence-electron chi connectivity index (χ2n) is 6.14. The zero-order valence-corrected chi connectivity index (χ0v) is 17.4. The van der Waals surface area contributed by atoms with E-state index in [1.54, 1.807) is 7.11 Å². The van der Waals surface area contributed by atoms with Gasteiger partial charge in [0.1, 0.15) is 12.4 Å². The van der Waals surface area contributed by atoms with Gasteiger partial charge >= 0.3 is 0 Å². The van der Waals surface area contributed by atoms with E-state index in [1.807, 2.05) is 18.5 Å². The van der Waals surface area contributed by atoms with Gasteiger partial charge in [-0.1, -0.05) is 19.3 Å². The van der Waals surface area contributed by atoms with E-state index in [0.717, 1.165) is 37.2 Å². The van der Waals surface area contributed by atoms with Crippen molar-refractivity contribution in [2.45, 2.75) is 58.0 Å². The summed E-state index contributed by atoms with van der Waals surface area (Å²) in [5, 5.41) is 15.2. The lowest BCUT2D eigenvalue weighted by atomic mass is 9.96. The van der Waals surface area contributed by atoms with E-state index in [4.69, 9.17) is 9.73 Å². The molecule has 24 heavy (non-hydrogen) atoms. The van der Waals surface area contributed by atoms with Crippen LogP contribution >= 0.6 is 24.0 Å². The van der Waals surface area contributed by atoms with Crippen LogP contribution in [0.15, 0.2) is 4.99 Å². The number of aromatic nitrogens is 3. The Bertz CT molecular complexity index is 499. The Hall–Kier alpha value is -0.900. The molecule has 0 aromatic carbocycles. The van der Waals surface area contributed by atoms with Crippen molar-refractivity contribution >= 4 is 29.9 Å². The molecule has 1 aliphatic carbocycles. The summed E-state index contributed by atoms with van der Waals surface area (Å²) in [5.74, 6) is 2.66. The Labute approximate surface area is 162 Å². The summed E-state index contributed by atoms with van der Waals surface area (Å²) in [4.78, 5) is 4.69. The molecule has 0 atom stereocenters. The Morgan fingerprint density at radius 1 is 1.29 bits per heavy atom. The van der Waals surface area contributed by atoms with Gasteiger partial charge in [0.2, 0.25) is 0 Å². The van der Waals surface area contributed by atoms with Crippen molar-refractivity contribution in [3.05, 3.63) is 11.6 Å². The van der Waals surface area contributed by atoms with Crippen molar-refractivity contribution in [2.75, 3.05) is 20.3 Å². The molecule has 0 spiro atoms.